The summed E-state index contributed by atoms with van der Waals surface area (Å²) in [5.41, 5.74) is 6.01. The van der Waals surface area contributed by atoms with E-state index in [2.05, 4.69) is 8.75 Å². The molecule has 0 bridgehead atoms. The number of rotatable bonds is 6. The number of hydrogen-bond acceptors (Lipinski definition) is 7. The standard InChI is InChI=1S/C26H21N3O5S/c1-32-22-11-17-20(12-23(22)33-2)29(13-14-3-5-18-19(9-14)28-35-27-18)25(26(30)31)24(17)16-4-6-21-15(10-16)7-8-34-21/h3-6,9-12H,7-8,13H2,1-2H3,(H,30,31). The average molecular weight is 488 g/mol. The van der Waals surface area contributed by atoms with Crippen LogP contribution in [0.5, 0.6) is 17.2 Å². The molecule has 8 nitrogen and oxygen atoms in total. The summed E-state index contributed by atoms with van der Waals surface area (Å²) in [4.78, 5) is 12.8. The van der Waals surface area contributed by atoms with Crippen LogP contribution in [0.3, 0.4) is 0 Å². The minimum Gasteiger partial charge on any atom is -0.493 e. The lowest BCUT2D eigenvalue weighted by molar-refractivity contribution is 0.0687. The van der Waals surface area contributed by atoms with Crippen molar-refractivity contribution < 1.29 is 24.1 Å². The van der Waals surface area contributed by atoms with Crippen molar-refractivity contribution >= 4 is 39.6 Å². The fourth-order valence-electron chi connectivity index (χ4n) is 4.80. The maximum Gasteiger partial charge on any atom is 0.353 e. The van der Waals surface area contributed by atoms with Gasteiger partial charge in [-0.25, -0.2) is 4.79 Å². The van der Waals surface area contributed by atoms with E-state index in [-0.39, 0.29) is 5.69 Å². The summed E-state index contributed by atoms with van der Waals surface area (Å²) in [5, 5.41) is 11.2. The highest BCUT2D eigenvalue weighted by Gasteiger charge is 2.27. The van der Waals surface area contributed by atoms with Gasteiger partial charge in [0.05, 0.1) is 38.1 Å². The molecule has 0 radical (unpaired) electrons. The predicted octanol–water partition coefficient (Wildman–Crippen LogP) is 5.01. The van der Waals surface area contributed by atoms with Crippen molar-refractivity contribution in [1.29, 1.82) is 0 Å². The number of carboxylic acids is 1. The summed E-state index contributed by atoms with van der Waals surface area (Å²) in [6.45, 7) is 0.973. The van der Waals surface area contributed by atoms with E-state index in [1.165, 1.54) is 0 Å². The number of nitrogens with zero attached hydrogens (tertiary/aromatic N) is 3. The van der Waals surface area contributed by atoms with E-state index in [1.807, 2.05) is 53.1 Å². The number of benzene rings is 3. The van der Waals surface area contributed by atoms with E-state index < -0.39 is 5.97 Å². The number of hydrogen-bond donors (Lipinski definition) is 1. The zero-order valence-corrected chi connectivity index (χ0v) is 19.9. The first-order valence-electron chi connectivity index (χ1n) is 11.1. The molecule has 3 aromatic carbocycles. The number of ether oxygens (including phenoxy) is 3. The van der Waals surface area contributed by atoms with Crippen LogP contribution in [-0.2, 0) is 13.0 Å². The largest absolute Gasteiger partial charge is 0.493 e. The average Bonchev–Trinajstić information content (AvgIpc) is 3.59. The van der Waals surface area contributed by atoms with Crippen LogP contribution in [0.15, 0.2) is 48.5 Å². The monoisotopic (exact) mass is 487 g/mol. The van der Waals surface area contributed by atoms with Gasteiger partial charge in [0.1, 0.15) is 22.5 Å². The van der Waals surface area contributed by atoms with Gasteiger partial charge in [-0.1, -0.05) is 12.1 Å². The summed E-state index contributed by atoms with van der Waals surface area (Å²) in [6, 6.07) is 15.4. The second kappa shape index (κ2) is 8.28. The van der Waals surface area contributed by atoms with Gasteiger partial charge < -0.3 is 23.9 Å². The number of aromatic nitrogens is 3. The van der Waals surface area contributed by atoms with Crippen molar-refractivity contribution in [2.75, 3.05) is 20.8 Å². The van der Waals surface area contributed by atoms with Crippen molar-refractivity contribution in [2.24, 2.45) is 0 Å². The van der Waals surface area contributed by atoms with Gasteiger partial charge in [0, 0.05) is 30.0 Å². The van der Waals surface area contributed by atoms with E-state index in [4.69, 9.17) is 14.2 Å². The highest BCUT2D eigenvalue weighted by Crippen LogP contribution is 2.42. The Morgan fingerprint density at radius 3 is 2.66 bits per heavy atom. The molecule has 5 aromatic rings. The Hall–Kier alpha value is -4.11. The lowest BCUT2D eigenvalue weighted by Gasteiger charge is -2.11. The van der Waals surface area contributed by atoms with Crippen LogP contribution in [0.1, 0.15) is 21.6 Å². The quantitative estimate of drug-likeness (QED) is 0.360. The van der Waals surface area contributed by atoms with E-state index in [0.717, 1.165) is 62.5 Å². The van der Waals surface area contributed by atoms with Crippen molar-refractivity contribution in [3.05, 3.63) is 65.4 Å². The molecule has 35 heavy (non-hydrogen) atoms. The third kappa shape index (κ3) is 3.47. The second-order valence-corrected chi connectivity index (χ2v) is 8.88. The van der Waals surface area contributed by atoms with Crippen LogP contribution >= 0.6 is 11.7 Å². The molecule has 176 valence electrons. The third-order valence-electron chi connectivity index (χ3n) is 6.41. The van der Waals surface area contributed by atoms with Gasteiger partial charge in [-0.15, -0.1) is 0 Å². The topological polar surface area (TPSA) is 95.7 Å². The molecular formula is C26H21N3O5S. The highest BCUT2D eigenvalue weighted by atomic mass is 32.1. The Bertz CT molecular complexity index is 1620. The molecule has 0 unspecified atom stereocenters. The fourth-order valence-corrected chi connectivity index (χ4v) is 5.32. The number of carbonyl (C=O) groups is 1. The van der Waals surface area contributed by atoms with Crippen LogP contribution in [0.2, 0.25) is 0 Å². The van der Waals surface area contributed by atoms with E-state index >= 15 is 0 Å². The Balaban J connectivity index is 1.63. The van der Waals surface area contributed by atoms with Crippen LogP contribution < -0.4 is 14.2 Å². The molecule has 6 rings (SSSR count). The van der Waals surface area contributed by atoms with E-state index in [1.54, 1.807) is 14.2 Å². The van der Waals surface area contributed by atoms with Crippen molar-refractivity contribution in [2.45, 2.75) is 13.0 Å². The molecule has 1 aliphatic heterocycles. The Labute approximate surface area is 204 Å². The maximum absolute atomic E-state index is 12.8. The molecule has 3 heterocycles. The van der Waals surface area contributed by atoms with Gasteiger partial charge in [0.2, 0.25) is 0 Å². The van der Waals surface area contributed by atoms with Gasteiger partial charge in [-0.3, -0.25) is 0 Å². The lowest BCUT2D eigenvalue weighted by Crippen LogP contribution is -2.10. The van der Waals surface area contributed by atoms with Gasteiger partial charge in [0.15, 0.2) is 11.5 Å². The van der Waals surface area contributed by atoms with Gasteiger partial charge >= 0.3 is 5.97 Å². The first-order valence-corrected chi connectivity index (χ1v) is 11.8. The van der Waals surface area contributed by atoms with Crippen LogP contribution in [0.25, 0.3) is 33.1 Å². The van der Waals surface area contributed by atoms with E-state index in [9.17, 15) is 9.90 Å². The molecule has 9 heteroatoms. The fraction of sp³-hybridized carbons (Fsp3) is 0.192. The van der Waals surface area contributed by atoms with Crippen LogP contribution in [0, 0.1) is 0 Å². The molecule has 1 aliphatic rings. The summed E-state index contributed by atoms with van der Waals surface area (Å²) >= 11 is 1.16. The molecule has 0 spiro atoms. The Morgan fingerprint density at radius 2 is 1.86 bits per heavy atom. The van der Waals surface area contributed by atoms with Crippen molar-refractivity contribution in [3.8, 4) is 28.4 Å². The summed E-state index contributed by atoms with van der Waals surface area (Å²) in [5.74, 6) is 0.902. The molecular weight excluding hydrogens is 466 g/mol. The number of methoxy groups -OCH3 is 2. The third-order valence-corrected chi connectivity index (χ3v) is 6.96. The highest BCUT2D eigenvalue weighted by molar-refractivity contribution is 7.00. The molecule has 0 fully saturated rings. The second-order valence-electron chi connectivity index (χ2n) is 8.35. The first kappa shape index (κ1) is 21.4. The van der Waals surface area contributed by atoms with Gasteiger partial charge in [-0.2, -0.15) is 8.75 Å². The molecule has 0 aliphatic carbocycles. The minimum absolute atomic E-state index is 0.200. The lowest BCUT2D eigenvalue weighted by atomic mass is 9.98. The van der Waals surface area contributed by atoms with Crippen LogP contribution in [0.4, 0.5) is 0 Å². The van der Waals surface area contributed by atoms with Gasteiger partial charge in [0.25, 0.3) is 0 Å². The number of aromatic carboxylic acids is 1. The Morgan fingerprint density at radius 1 is 1.06 bits per heavy atom. The SMILES string of the molecule is COc1cc2c(-c3ccc4c(c3)CCO4)c(C(=O)O)n(Cc3ccc4nsnc4c3)c2cc1OC. The summed E-state index contributed by atoms with van der Waals surface area (Å²) in [6.07, 6.45) is 0.795. The molecule has 1 N–H and O–H groups in total. The summed E-state index contributed by atoms with van der Waals surface area (Å²) < 4.78 is 27.2. The molecule has 0 atom stereocenters. The summed E-state index contributed by atoms with van der Waals surface area (Å²) in [7, 11) is 3.14. The molecule has 2 aromatic heterocycles. The van der Waals surface area contributed by atoms with Crippen molar-refractivity contribution in [1.82, 2.24) is 13.3 Å². The van der Waals surface area contributed by atoms with Crippen LogP contribution in [-0.4, -0.2) is 45.2 Å². The van der Waals surface area contributed by atoms with Crippen molar-refractivity contribution in [3.63, 3.8) is 0 Å². The number of carboxylic acid groups (broad SMARTS) is 1. The molecule has 0 saturated heterocycles. The Kier molecular flexibility index (Phi) is 5.07. The predicted molar refractivity (Wildman–Crippen MR) is 133 cm³/mol. The molecule has 0 saturated carbocycles. The maximum atomic E-state index is 12.8. The normalized spacial score (nSPS) is 12.6. The number of fused-ring (bicyclic) bond motifs is 3. The smallest absolute Gasteiger partial charge is 0.353 e. The minimum atomic E-state index is -1.01. The van der Waals surface area contributed by atoms with E-state index in [0.29, 0.717) is 30.2 Å². The molecule has 0 amide bonds. The zero-order chi connectivity index (χ0) is 24.1. The first-order chi connectivity index (χ1) is 17.1. The zero-order valence-electron chi connectivity index (χ0n) is 19.1. The van der Waals surface area contributed by atoms with Gasteiger partial charge in [-0.05, 0) is 47.0 Å².